The average Bonchev–Trinajstić information content (AvgIpc) is 4.06. The zero-order chi connectivity index (χ0) is 50.5. The van der Waals surface area contributed by atoms with Gasteiger partial charge in [0.1, 0.15) is 17.1 Å². The predicted molar refractivity (Wildman–Crippen MR) is 268 cm³/mol. The Labute approximate surface area is 431 Å². The molecular formula is C52H54Cl2F2N4O10S2. The zero-order valence-corrected chi connectivity index (χ0v) is 42.4. The Bertz CT molecular complexity index is 2780. The smallest absolute Gasteiger partial charge is 0.408 e. The highest BCUT2D eigenvalue weighted by molar-refractivity contribution is 8.02. The zero-order valence-electron chi connectivity index (χ0n) is 39.2. The van der Waals surface area contributed by atoms with Crippen LogP contribution in [-0.4, -0.2) is 109 Å². The van der Waals surface area contributed by atoms with Gasteiger partial charge in [-0.2, -0.15) is 13.1 Å². The van der Waals surface area contributed by atoms with Crippen LogP contribution in [0.4, 0.5) is 13.6 Å². The molecule has 4 aromatic rings. The van der Waals surface area contributed by atoms with Crippen LogP contribution >= 0.6 is 35.0 Å². The molecule has 0 radical (unpaired) electrons. The second-order valence-electron chi connectivity index (χ2n) is 18.6. The number of hydrogen-bond acceptors (Lipinski definition) is 13. The Morgan fingerprint density at radius 2 is 1.65 bits per heavy atom. The summed E-state index contributed by atoms with van der Waals surface area (Å²) < 4.78 is 85.6. The van der Waals surface area contributed by atoms with Gasteiger partial charge < -0.3 is 29.0 Å². The van der Waals surface area contributed by atoms with Gasteiger partial charge in [0.2, 0.25) is 10.0 Å². The Kier molecular flexibility index (Phi) is 16.4. The van der Waals surface area contributed by atoms with E-state index in [-0.39, 0.29) is 58.5 Å². The van der Waals surface area contributed by atoms with E-state index in [9.17, 15) is 31.6 Å². The van der Waals surface area contributed by atoms with E-state index < -0.39 is 63.2 Å². The number of nitrogens with one attached hydrogen (secondary N) is 1. The maximum atomic E-state index is 14.6. The lowest BCUT2D eigenvalue weighted by molar-refractivity contribution is -0.145. The highest BCUT2D eigenvalue weighted by Gasteiger charge is 2.47. The number of amides is 1. The summed E-state index contributed by atoms with van der Waals surface area (Å²) in [5.41, 5.74) is 2.55. The molecule has 2 bridgehead atoms. The summed E-state index contributed by atoms with van der Waals surface area (Å²) in [6.07, 6.45) is 10.6. The van der Waals surface area contributed by atoms with Crippen molar-refractivity contribution in [3.05, 3.63) is 141 Å². The molecule has 3 aromatic carbocycles. The number of rotatable bonds is 19. The van der Waals surface area contributed by atoms with Gasteiger partial charge in [-0.25, -0.2) is 22.8 Å². The minimum absolute atomic E-state index is 0.00288. The number of hydrogen-bond donors (Lipinski definition) is 1. The van der Waals surface area contributed by atoms with Gasteiger partial charge >= 0.3 is 24.6 Å². The monoisotopic (exact) mass is 1070 g/mol. The number of thioether (sulfide) groups is 1. The summed E-state index contributed by atoms with van der Waals surface area (Å²) >= 11 is 14.2. The first-order chi connectivity index (χ1) is 34.7. The van der Waals surface area contributed by atoms with E-state index in [2.05, 4.69) is 15.2 Å². The molecule has 72 heavy (non-hydrogen) atoms. The van der Waals surface area contributed by atoms with Gasteiger partial charge in [-0.05, 0) is 104 Å². The number of alkyl carbamates (subject to hydrolysis) is 1. The SMILES string of the molecule is CC1C(C(=O)Oc2cccc(C(NC(=O)O[C@H]3CN4CCC3CC4)c3ccccc3)c2)=CC=CC1S(=O)(=O)N1CCS[C@H]1C(=O)OC[C@@H](Cc1c(Cl)cncc1Cl)c1ccc(OC(F)F)c(OCC2CC2)c1. The van der Waals surface area contributed by atoms with Crippen molar-refractivity contribution in [2.75, 3.05) is 45.1 Å². The Morgan fingerprint density at radius 3 is 2.36 bits per heavy atom. The number of nitrogens with zero attached hydrogens (tertiary/aromatic N) is 3. The maximum Gasteiger partial charge on any atom is 0.408 e. The molecule has 14 nitrogen and oxygen atoms in total. The number of allylic oxidation sites excluding steroid dienone is 2. The van der Waals surface area contributed by atoms with Crippen LogP contribution in [0.1, 0.15) is 66.8 Å². The molecule has 4 saturated heterocycles. The molecule has 3 unspecified atom stereocenters. The normalized spacial score (nSPS) is 23.7. The number of esters is 2. The summed E-state index contributed by atoms with van der Waals surface area (Å²) in [4.78, 5) is 47.8. The van der Waals surface area contributed by atoms with E-state index in [1.807, 2.05) is 36.4 Å². The first-order valence-corrected chi connectivity index (χ1v) is 27.3. The molecule has 1 saturated carbocycles. The number of carbonyl (C=O) groups excluding carboxylic acids is 3. The number of sulfonamides is 1. The van der Waals surface area contributed by atoms with Crippen molar-refractivity contribution in [1.29, 1.82) is 0 Å². The molecule has 382 valence electrons. The standard InChI is InChI=1S/C52H54Cl2F2N4O10S2/c1-31-39(49(61)68-38-10-5-9-36(23-38)47(34-7-3-2-4-8-34)58-52(63)70-45-28-59-19-17-33(45)18-20-59)11-6-12-46(31)72(64,65)60-21-22-71-48(60)50(62)67-30-37(24-40-41(53)26-57-27-42(40)54)35-15-16-43(69-51(55)56)44(25-35)66-29-32-13-14-32/h2-12,15-16,23,25-27,31-33,37,45-48,51H,13-14,17-22,24,28-30H2,1H3,(H,58,63)/t31?,37-,45+,46?,47?,48+/m1/s1. The van der Waals surface area contributed by atoms with E-state index in [0.717, 1.165) is 60.4 Å². The fourth-order valence-corrected chi connectivity index (χ4v) is 13.8. The molecule has 5 fully saturated rings. The van der Waals surface area contributed by atoms with Gasteiger partial charge in [-0.15, -0.1) is 11.8 Å². The number of carbonyl (C=O) groups is 3. The van der Waals surface area contributed by atoms with Crippen LogP contribution in [0.25, 0.3) is 0 Å². The van der Waals surface area contributed by atoms with E-state index in [0.29, 0.717) is 47.4 Å². The minimum Gasteiger partial charge on any atom is -0.489 e. The number of aromatic nitrogens is 1. The van der Waals surface area contributed by atoms with Crippen LogP contribution in [0.15, 0.2) is 109 Å². The first kappa shape index (κ1) is 51.7. The van der Waals surface area contributed by atoms with Gasteiger partial charge in [-0.1, -0.05) is 96.9 Å². The summed E-state index contributed by atoms with van der Waals surface area (Å²) in [6, 6.07) is 20.0. The molecule has 1 aromatic heterocycles. The van der Waals surface area contributed by atoms with Crippen LogP contribution in [0.5, 0.6) is 17.2 Å². The van der Waals surface area contributed by atoms with Gasteiger partial charge in [0.25, 0.3) is 0 Å². The summed E-state index contributed by atoms with van der Waals surface area (Å²) in [5, 5.41) is 1.05. The largest absolute Gasteiger partial charge is 0.489 e. The van der Waals surface area contributed by atoms with Crippen LogP contribution in [0.3, 0.4) is 0 Å². The van der Waals surface area contributed by atoms with Crippen molar-refractivity contribution in [2.24, 2.45) is 17.8 Å². The fourth-order valence-electron chi connectivity index (χ4n) is 9.68. The lowest BCUT2D eigenvalue weighted by Gasteiger charge is -2.43. The molecule has 2 aliphatic carbocycles. The van der Waals surface area contributed by atoms with E-state index >= 15 is 0 Å². The number of benzene rings is 3. The second kappa shape index (κ2) is 22.9. The van der Waals surface area contributed by atoms with E-state index in [4.69, 9.17) is 46.9 Å². The third-order valence-electron chi connectivity index (χ3n) is 13.8. The molecular weight excluding hydrogens is 1010 g/mol. The lowest BCUT2D eigenvalue weighted by atomic mass is 9.86. The highest BCUT2D eigenvalue weighted by atomic mass is 35.5. The lowest BCUT2D eigenvalue weighted by Crippen LogP contribution is -2.52. The van der Waals surface area contributed by atoms with Crippen LogP contribution in [0, 0.1) is 17.8 Å². The topological polar surface area (TPSA) is 163 Å². The summed E-state index contributed by atoms with van der Waals surface area (Å²) in [5.74, 6) is -2.11. The molecule has 1 N–H and O–H groups in total. The first-order valence-electron chi connectivity index (χ1n) is 23.9. The van der Waals surface area contributed by atoms with Gasteiger partial charge in [0.15, 0.2) is 16.9 Å². The average molecular weight is 1070 g/mol. The van der Waals surface area contributed by atoms with E-state index in [1.165, 1.54) is 36.7 Å². The third kappa shape index (κ3) is 12.2. The fraction of sp³-hybridized carbons (Fsp3) is 0.423. The number of piperidine rings is 3. The molecule has 10 rings (SSSR count). The minimum atomic E-state index is -4.31. The predicted octanol–water partition coefficient (Wildman–Crippen LogP) is 9.37. The highest BCUT2D eigenvalue weighted by Crippen LogP contribution is 2.40. The number of pyridine rings is 1. The number of ether oxygens (including phenoxy) is 5. The van der Waals surface area contributed by atoms with Crippen molar-refractivity contribution < 1.29 is 55.3 Å². The molecule has 4 aliphatic heterocycles. The molecule has 20 heteroatoms. The molecule has 6 aliphatic rings. The molecule has 6 atom stereocenters. The van der Waals surface area contributed by atoms with Gasteiger partial charge in [-0.3, -0.25) is 9.88 Å². The Hall–Kier alpha value is -5.24. The third-order valence-corrected chi connectivity index (χ3v) is 18.1. The maximum absolute atomic E-state index is 14.6. The Morgan fingerprint density at radius 1 is 0.903 bits per heavy atom. The quantitative estimate of drug-likeness (QED) is 0.0699. The van der Waals surface area contributed by atoms with Crippen LogP contribution in [0.2, 0.25) is 10.0 Å². The second-order valence-corrected chi connectivity index (χ2v) is 22.7. The van der Waals surface area contributed by atoms with Crippen molar-refractivity contribution >= 4 is 63.0 Å². The number of alkyl halides is 2. The summed E-state index contributed by atoms with van der Waals surface area (Å²) in [7, 11) is -4.31. The summed E-state index contributed by atoms with van der Waals surface area (Å²) in [6.45, 7) is 1.28. The van der Waals surface area contributed by atoms with Crippen molar-refractivity contribution in [3.8, 4) is 17.2 Å². The molecule has 5 heterocycles. The van der Waals surface area contributed by atoms with Crippen molar-refractivity contribution in [1.82, 2.24) is 19.5 Å². The molecule has 0 spiro atoms. The molecule has 1 amide bonds. The van der Waals surface area contributed by atoms with Crippen LogP contribution in [-0.2, 0) is 35.5 Å². The number of halogens is 4. The number of fused-ring (bicyclic) bond motifs is 3. The Balaban J connectivity index is 0.872. The van der Waals surface area contributed by atoms with Gasteiger partial charge in [0, 0.05) is 48.6 Å². The van der Waals surface area contributed by atoms with Crippen molar-refractivity contribution in [2.45, 2.75) is 74.3 Å². The van der Waals surface area contributed by atoms with Gasteiger partial charge in [0.05, 0.1) is 29.3 Å². The van der Waals surface area contributed by atoms with E-state index in [1.54, 1.807) is 37.3 Å². The van der Waals surface area contributed by atoms with Crippen LogP contribution < -0.4 is 19.5 Å². The van der Waals surface area contributed by atoms with Crippen molar-refractivity contribution in [3.63, 3.8) is 0 Å².